The van der Waals surface area contributed by atoms with Crippen molar-refractivity contribution in [2.24, 2.45) is 11.8 Å². The van der Waals surface area contributed by atoms with Crippen LogP contribution in [0.15, 0.2) is 54.9 Å². The van der Waals surface area contributed by atoms with E-state index >= 15 is 0 Å². The Labute approximate surface area is 274 Å². The molecule has 2 amide bonds. The Morgan fingerprint density at radius 1 is 1.00 bits per heavy atom. The zero-order valence-corrected chi connectivity index (χ0v) is 28.3. The summed E-state index contributed by atoms with van der Waals surface area (Å²) in [5.41, 5.74) is 5.64. The summed E-state index contributed by atoms with van der Waals surface area (Å²) < 4.78 is 13.1. The minimum atomic E-state index is -0.351. The number of rotatable bonds is 11. The molecule has 5 rings (SSSR count). The number of benzene rings is 2. The molecule has 2 aromatic carbocycles. The maximum atomic E-state index is 14.3. The van der Waals surface area contributed by atoms with E-state index in [1.54, 1.807) is 7.11 Å². The number of carbonyl (C=O) groups is 2. The Morgan fingerprint density at radius 3 is 2.41 bits per heavy atom. The highest BCUT2D eigenvalue weighted by Crippen LogP contribution is 2.39. The summed E-state index contributed by atoms with van der Waals surface area (Å²) in [7, 11) is 1.72. The lowest BCUT2D eigenvalue weighted by molar-refractivity contribution is -0.124. The highest BCUT2D eigenvalue weighted by molar-refractivity contribution is 5.95. The smallest absolute Gasteiger partial charge is 0.407 e. The Morgan fingerprint density at radius 2 is 1.76 bits per heavy atom. The molecule has 248 valence electrons. The van der Waals surface area contributed by atoms with Gasteiger partial charge in [-0.3, -0.25) is 9.48 Å². The summed E-state index contributed by atoms with van der Waals surface area (Å²) in [6.07, 6.45) is 11.7. The zero-order chi connectivity index (χ0) is 32.6. The number of amides is 2. The SMILES string of the molecule is CCCNC(=O)O[C@H]1CC[C@H](C(=O)N(C[C@H]2CC[C@H](c3ccc(OC)c(C)c3)CC2)c2cccc(-c3cnn(C(C)C)c3)c2)CC1. The number of ether oxygens (including phenoxy) is 2. The molecule has 1 heterocycles. The first-order valence-electron chi connectivity index (χ1n) is 17.3. The maximum Gasteiger partial charge on any atom is 0.407 e. The van der Waals surface area contributed by atoms with Crippen LogP contribution in [0.25, 0.3) is 11.1 Å². The van der Waals surface area contributed by atoms with Gasteiger partial charge in [0.25, 0.3) is 0 Å². The number of methoxy groups -OCH3 is 1. The van der Waals surface area contributed by atoms with Crippen molar-refractivity contribution in [1.29, 1.82) is 0 Å². The van der Waals surface area contributed by atoms with Crippen LogP contribution >= 0.6 is 0 Å². The third-order valence-corrected chi connectivity index (χ3v) is 9.88. The van der Waals surface area contributed by atoms with Gasteiger partial charge in [0.05, 0.1) is 13.3 Å². The topological polar surface area (TPSA) is 85.7 Å². The van der Waals surface area contributed by atoms with E-state index in [1.165, 1.54) is 11.1 Å². The summed E-state index contributed by atoms with van der Waals surface area (Å²) in [4.78, 5) is 28.5. The molecule has 0 atom stereocenters. The molecule has 2 fully saturated rings. The molecule has 0 unspecified atom stereocenters. The second kappa shape index (κ2) is 15.7. The minimum Gasteiger partial charge on any atom is -0.496 e. The molecule has 1 N–H and O–H groups in total. The molecule has 2 aliphatic carbocycles. The fourth-order valence-corrected chi connectivity index (χ4v) is 7.11. The van der Waals surface area contributed by atoms with Crippen molar-refractivity contribution < 1.29 is 19.1 Å². The number of aryl methyl sites for hydroxylation is 1. The monoisotopic (exact) mass is 628 g/mol. The number of carbonyl (C=O) groups excluding carboxylic acids is 2. The Hall–Kier alpha value is -3.81. The standard InChI is InChI=1S/C38H52N4O4/c1-6-20-39-38(44)46-35-17-14-30(15-18-35)37(43)41(34-9-7-8-31(22-34)33-23-40-42(25-33)26(2)3)24-28-10-12-29(13-11-28)32-16-19-36(45-5)27(4)21-32/h7-9,16,19,21-23,25-26,28-30,35H,6,10-15,17-18,20,24H2,1-5H3,(H,39,44)/t28-,29-,30-,35-. The van der Waals surface area contributed by atoms with E-state index in [2.05, 4.69) is 84.7 Å². The predicted molar refractivity (Wildman–Crippen MR) is 183 cm³/mol. The molecule has 0 radical (unpaired) electrons. The van der Waals surface area contributed by atoms with Gasteiger partial charge in [0.2, 0.25) is 5.91 Å². The van der Waals surface area contributed by atoms with E-state index in [-0.39, 0.29) is 30.1 Å². The molecule has 2 saturated carbocycles. The van der Waals surface area contributed by atoms with Crippen molar-refractivity contribution in [3.8, 4) is 16.9 Å². The van der Waals surface area contributed by atoms with Crippen LogP contribution in [0.2, 0.25) is 0 Å². The van der Waals surface area contributed by atoms with Crippen LogP contribution < -0.4 is 15.0 Å². The van der Waals surface area contributed by atoms with Gasteiger partial charge in [0.1, 0.15) is 11.9 Å². The van der Waals surface area contributed by atoms with Crippen molar-refractivity contribution >= 4 is 17.7 Å². The molecule has 2 aliphatic rings. The second-order valence-electron chi connectivity index (χ2n) is 13.6. The summed E-state index contributed by atoms with van der Waals surface area (Å²) in [5.74, 6) is 2.02. The molecule has 0 bridgehead atoms. The van der Waals surface area contributed by atoms with E-state index in [4.69, 9.17) is 9.47 Å². The lowest BCUT2D eigenvalue weighted by atomic mass is 9.78. The predicted octanol–water partition coefficient (Wildman–Crippen LogP) is 8.45. The van der Waals surface area contributed by atoms with Crippen LogP contribution in [-0.4, -0.2) is 48.1 Å². The highest BCUT2D eigenvalue weighted by atomic mass is 16.6. The van der Waals surface area contributed by atoms with E-state index in [0.29, 0.717) is 31.2 Å². The Balaban J connectivity index is 1.30. The third kappa shape index (κ3) is 8.31. The summed E-state index contributed by atoms with van der Waals surface area (Å²) >= 11 is 0. The number of anilines is 1. The van der Waals surface area contributed by atoms with Crippen LogP contribution in [-0.2, 0) is 9.53 Å². The molecule has 0 spiro atoms. The van der Waals surface area contributed by atoms with Crippen molar-refractivity contribution in [2.75, 3.05) is 25.1 Å². The molecule has 46 heavy (non-hydrogen) atoms. The van der Waals surface area contributed by atoms with Crippen molar-refractivity contribution in [1.82, 2.24) is 15.1 Å². The van der Waals surface area contributed by atoms with Crippen molar-refractivity contribution in [3.05, 3.63) is 66.0 Å². The van der Waals surface area contributed by atoms with Gasteiger partial charge in [-0.2, -0.15) is 5.10 Å². The molecule has 8 nitrogen and oxygen atoms in total. The van der Waals surface area contributed by atoms with Gasteiger partial charge in [-0.15, -0.1) is 0 Å². The van der Waals surface area contributed by atoms with Crippen molar-refractivity contribution in [2.45, 2.75) is 104 Å². The van der Waals surface area contributed by atoms with Gasteiger partial charge in [0, 0.05) is 42.5 Å². The van der Waals surface area contributed by atoms with Gasteiger partial charge < -0.3 is 19.7 Å². The summed E-state index contributed by atoms with van der Waals surface area (Å²) in [6, 6.07) is 15.2. The normalized spacial score (nSPS) is 21.5. The molecule has 8 heteroatoms. The number of hydrogen-bond acceptors (Lipinski definition) is 5. The van der Waals surface area contributed by atoms with Crippen LogP contribution in [0.1, 0.15) is 102 Å². The Kier molecular flexibility index (Phi) is 11.4. The molecule has 0 saturated heterocycles. The lowest BCUT2D eigenvalue weighted by Crippen LogP contribution is -2.42. The molecule has 0 aliphatic heterocycles. The van der Waals surface area contributed by atoms with Crippen LogP contribution in [0.4, 0.5) is 10.5 Å². The van der Waals surface area contributed by atoms with Gasteiger partial charge in [-0.1, -0.05) is 31.2 Å². The molecular formula is C38H52N4O4. The molecular weight excluding hydrogens is 576 g/mol. The largest absolute Gasteiger partial charge is 0.496 e. The quantitative estimate of drug-likeness (QED) is 0.230. The minimum absolute atomic E-state index is 0.0792. The van der Waals surface area contributed by atoms with Crippen molar-refractivity contribution in [3.63, 3.8) is 0 Å². The van der Waals surface area contributed by atoms with E-state index in [1.807, 2.05) is 17.8 Å². The Bertz CT molecular complexity index is 1450. The molecule has 1 aromatic heterocycles. The van der Waals surface area contributed by atoms with E-state index in [0.717, 1.165) is 74.1 Å². The van der Waals surface area contributed by atoms with Gasteiger partial charge in [0.15, 0.2) is 0 Å². The van der Waals surface area contributed by atoms with E-state index < -0.39 is 0 Å². The van der Waals surface area contributed by atoms with Gasteiger partial charge in [-0.25, -0.2) is 4.79 Å². The fraction of sp³-hybridized carbons (Fsp3) is 0.553. The highest BCUT2D eigenvalue weighted by Gasteiger charge is 2.34. The third-order valence-electron chi connectivity index (χ3n) is 9.88. The number of nitrogens with zero attached hydrogens (tertiary/aromatic N) is 3. The average molecular weight is 629 g/mol. The van der Waals surface area contributed by atoms with Gasteiger partial charge in [-0.05, 0) is 125 Å². The van der Waals surface area contributed by atoms with Crippen LogP contribution in [0.3, 0.4) is 0 Å². The maximum absolute atomic E-state index is 14.3. The average Bonchev–Trinajstić information content (AvgIpc) is 3.58. The fourth-order valence-electron chi connectivity index (χ4n) is 7.11. The second-order valence-corrected chi connectivity index (χ2v) is 13.6. The number of aromatic nitrogens is 2. The first-order chi connectivity index (χ1) is 22.2. The first-order valence-corrected chi connectivity index (χ1v) is 17.3. The lowest BCUT2D eigenvalue weighted by Gasteiger charge is -2.36. The summed E-state index contributed by atoms with van der Waals surface area (Å²) in [5, 5.41) is 7.35. The van der Waals surface area contributed by atoms with Gasteiger partial charge >= 0.3 is 6.09 Å². The zero-order valence-electron chi connectivity index (χ0n) is 28.3. The first kappa shape index (κ1) is 33.6. The van der Waals surface area contributed by atoms with Crippen LogP contribution in [0.5, 0.6) is 5.75 Å². The van der Waals surface area contributed by atoms with E-state index in [9.17, 15) is 9.59 Å². The molecule has 3 aromatic rings. The number of alkyl carbamates (subject to hydrolysis) is 1. The summed E-state index contributed by atoms with van der Waals surface area (Å²) in [6.45, 7) is 9.70. The number of nitrogens with one attached hydrogen (secondary N) is 1. The van der Waals surface area contributed by atoms with Crippen LogP contribution in [0, 0.1) is 18.8 Å². The number of hydrogen-bond donors (Lipinski definition) is 1.